The molecule has 4 heteroatoms. The van der Waals surface area contributed by atoms with Crippen molar-refractivity contribution < 1.29 is 20.1 Å². The van der Waals surface area contributed by atoms with Crippen LogP contribution in [0.1, 0.15) is 96.8 Å². The third kappa shape index (κ3) is 13.7. The standard InChI is InChI=1S/C19H38O4/c1-2-3-4-5-6-7-8-9-10-11-12-13-14-15-17(21)19(23)18(22)16-20/h18-20,22-23H,2-16H2,1H3/t18-,19?/m0/s1. The van der Waals surface area contributed by atoms with Gasteiger partial charge in [0.2, 0.25) is 0 Å². The first-order chi connectivity index (χ1) is 11.1. The van der Waals surface area contributed by atoms with Crippen molar-refractivity contribution in [1.29, 1.82) is 0 Å². The molecular weight excluding hydrogens is 292 g/mol. The molecule has 1 unspecified atom stereocenters. The molecule has 0 fully saturated rings. The molecule has 3 N–H and O–H groups in total. The average molecular weight is 331 g/mol. The van der Waals surface area contributed by atoms with Crippen LogP contribution in [0.25, 0.3) is 0 Å². The summed E-state index contributed by atoms with van der Waals surface area (Å²) < 4.78 is 0. The lowest BCUT2D eigenvalue weighted by Gasteiger charge is -2.13. The SMILES string of the molecule is CCCCCCCCCCCCCCCC(=O)C(O)[C@@H](O)CO. The number of aliphatic hydroxyl groups is 3. The molecule has 0 spiro atoms. The number of unbranched alkanes of at least 4 members (excludes halogenated alkanes) is 12. The van der Waals surface area contributed by atoms with Crippen LogP contribution in [-0.4, -0.2) is 39.9 Å². The lowest BCUT2D eigenvalue weighted by atomic mass is 10.0. The fourth-order valence-electron chi connectivity index (χ4n) is 2.78. The van der Waals surface area contributed by atoms with Crippen molar-refractivity contribution in [2.75, 3.05) is 6.61 Å². The van der Waals surface area contributed by atoms with Gasteiger partial charge in [-0.25, -0.2) is 0 Å². The molecule has 0 aromatic heterocycles. The van der Waals surface area contributed by atoms with Crippen molar-refractivity contribution in [1.82, 2.24) is 0 Å². The quantitative estimate of drug-likeness (QED) is 0.355. The van der Waals surface area contributed by atoms with Crippen LogP contribution in [0.2, 0.25) is 0 Å². The Kier molecular flexibility index (Phi) is 16.1. The molecule has 0 aliphatic heterocycles. The highest BCUT2D eigenvalue weighted by atomic mass is 16.4. The number of ketones is 1. The molecule has 0 rings (SSSR count). The van der Waals surface area contributed by atoms with Crippen LogP contribution >= 0.6 is 0 Å². The summed E-state index contributed by atoms with van der Waals surface area (Å²) in [5.41, 5.74) is 0. The Morgan fingerprint density at radius 1 is 0.739 bits per heavy atom. The van der Waals surface area contributed by atoms with E-state index in [1.165, 1.54) is 64.2 Å². The van der Waals surface area contributed by atoms with E-state index in [0.717, 1.165) is 19.3 Å². The van der Waals surface area contributed by atoms with Gasteiger partial charge in [-0.1, -0.05) is 84.0 Å². The molecule has 23 heavy (non-hydrogen) atoms. The van der Waals surface area contributed by atoms with E-state index in [2.05, 4.69) is 6.92 Å². The van der Waals surface area contributed by atoms with Gasteiger partial charge >= 0.3 is 0 Å². The van der Waals surface area contributed by atoms with Gasteiger partial charge in [0, 0.05) is 6.42 Å². The normalized spacial score (nSPS) is 13.9. The van der Waals surface area contributed by atoms with E-state index in [9.17, 15) is 15.0 Å². The molecule has 0 aliphatic rings. The lowest BCUT2D eigenvalue weighted by Crippen LogP contribution is -2.36. The van der Waals surface area contributed by atoms with Crippen molar-refractivity contribution in [2.45, 2.75) is 109 Å². The van der Waals surface area contributed by atoms with Gasteiger partial charge in [-0.2, -0.15) is 0 Å². The molecule has 0 aliphatic carbocycles. The summed E-state index contributed by atoms with van der Waals surface area (Å²) in [7, 11) is 0. The first kappa shape index (κ1) is 22.6. The van der Waals surface area contributed by atoms with Crippen LogP contribution < -0.4 is 0 Å². The molecule has 2 atom stereocenters. The minimum atomic E-state index is -1.43. The molecule has 0 saturated heterocycles. The smallest absolute Gasteiger partial charge is 0.164 e. The van der Waals surface area contributed by atoms with Crippen LogP contribution in [0.5, 0.6) is 0 Å². The Morgan fingerprint density at radius 3 is 1.52 bits per heavy atom. The summed E-state index contributed by atoms with van der Waals surface area (Å²) >= 11 is 0. The first-order valence-corrected chi connectivity index (χ1v) is 9.63. The van der Waals surface area contributed by atoms with E-state index in [-0.39, 0.29) is 12.2 Å². The molecule has 0 saturated carbocycles. The van der Waals surface area contributed by atoms with Crippen LogP contribution in [0.4, 0.5) is 0 Å². The Bertz CT molecular complexity index is 268. The Morgan fingerprint density at radius 2 is 1.13 bits per heavy atom. The van der Waals surface area contributed by atoms with E-state index in [4.69, 9.17) is 5.11 Å². The minimum absolute atomic E-state index is 0.288. The first-order valence-electron chi connectivity index (χ1n) is 9.63. The van der Waals surface area contributed by atoms with Gasteiger partial charge in [-0.05, 0) is 6.42 Å². The van der Waals surface area contributed by atoms with E-state index in [0.29, 0.717) is 0 Å². The predicted octanol–water partition coefficient (Wildman–Crippen LogP) is 3.75. The van der Waals surface area contributed by atoms with Gasteiger partial charge in [0.25, 0.3) is 0 Å². The van der Waals surface area contributed by atoms with Crippen LogP contribution in [0.3, 0.4) is 0 Å². The van der Waals surface area contributed by atoms with Gasteiger partial charge < -0.3 is 15.3 Å². The van der Waals surface area contributed by atoms with E-state index in [1.807, 2.05) is 0 Å². The maximum atomic E-state index is 11.5. The zero-order valence-electron chi connectivity index (χ0n) is 15.0. The fourth-order valence-corrected chi connectivity index (χ4v) is 2.78. The summed E-state index contributed by atoms with van der Waals surface area (Å²) in [5, 5.41) is 27.3. The maximum Gasteiger partial charge on any atom is 0.164 e. The Balaban J connectivity index is 3.26. The molecular formula is C19H38O4. The van der Waals surface area contributed by atoms with E-state index in [1.54, 1.807) is 0 Å². The minimum Gasteiger partial charge on any atom is -0.394 e. The second-order valence-corrected chi connectivity index (χ2v) is 6.65. The topological polar surface area (TPSA) is 77.8 Å². The summed E-state index contributed by atoms with van der Waals surface area (Å²) in [4.78, 5) is 11.5. The van der Waals surface area contributed by atoms with Crippen LogP contribution in [-0.2, 0) is 4.79 Å². The van der Waals surface area contributed by atoms with Gasteiger partial charge in [0.15, 0.2) is 5.78 Å². The van der Waals surface area contributed by atoms with Crippen molar-refractivity contribution in [3.05, 3.63) is 0 Å². The number of hydrogen-bond acceptors (Lipinski definition) is 4. The summed E-state index contributed by atoms with van der Waals surface area (Å²) in [6.07, 6.45) is 13.7. The van der Waals surface area contributed by atoms with Crippen molar-refractivity contribution in [2.24, 2.45) is 0 Å². The highest BCUT2D eigenvalue weighted by Crippen LogP contribution is 2.13. The molecule has 0 aromatic rings. The Hall–Kier alpha value is -0.450. The third-order valence-electron chi connectivity index (χ3n) is 4.41. The number of Topliss-reactive ketones (excluding diaryl/α,β-unsaturated/α-hetero) is 1. The molecule has 4 nitrogen and oxygen atoms in total. The monoisotopic (exact) mass is 330 g/mol. The van der Waals surface area contributed by atoms with Crippen molar-refractivity contribution in [3.63, 3.8) is 0 Å². The second-order valence-electron chi connectivity index (χ2n) is 6.65. The molecule has 0 amide bonds. The lowest BCUT2D eigenvalue weighted by molar-refractivity contribution is -0.134. The molecule has 0 heterocycles. The van der Waals surface area contributed by atoms with Gasteiger partial charge in [-0.15, -0.1) is 0 Å². The van der Waals surface area contributed by atoms with Crippen molar-refractivity contribution >= 4 is 5.78 Å². The summed E-state index contributed by atoms with van der Waals surface area (Å²) in [5.74, 6) is -0.366. The third-order valence-corrected chi connectivity index (χ3v) is 4.41. The summed E-state index contributed by atoms with van der Waals surface area (Å²) in [6.45, 7) is 1.67. The van der Waals surface area contributed by atoms with Gasteiger partial charge in [0.05, 0.1) is 6.61 Å². The van der Waals surface area contributed by atoms with Crippen LogP contribution in [0, 0.1) is 0 Å². The number of carbonyl (C=O) groups is 1. The summed E-state index contributed by atoms with van der Waals surface area (Å²) in [6, 6.07) is 0. The highest BCUT2D eigenvalue weighted by Gasteiger charge is 2.22. The molecule has 138 valence electrons. The molecule has 0 bridgehead atoms. The molecule has 0 aromatic carbocycles. The number of hydrogen-bond donors (Lipinski definition) is 3. The van der Waals surface area contributed by atoms with Gasteiger partial charge in [-0.3, -0.25) is 4.79 Å². The highest BCUT2D eigenvalue weighted by molar-refractivity contribution is 5.83. The van der Waals surface area contributed by atoms with E-state index >= 15 is 0 Å². The van der Waals surface area contributed by atoms with E-state index < -0.39 is 18.8 Å². The number of rotatable bonds is 17. The second kappa shape index (κ2) is 16.4. The van der Waals surface area contributed by atoms with Crippen LogP contribution in [0.15, 0.2) is 0 Å². The van der Waals surface area contributed by atoms with Gasteiger partial charge in [0.1, 0.15) is 12.2 Å². The number of carbonyl (C=O) groups excluding carboxylic acids is 1. The zero-order chi connectivity index (χ0) is 17.3. The zero-order valence-corrected chi connectivity index (χ0v) is 15.0. The molecule has 0 radical (unpaired) electrons. The Labute approximate surface area is 142 Å². The maximum absolute atomic E-state index is 11.5. The predicted molar refractivity (Wildman–Crippen MR) is 94.4 cm³/mol. The average Bonchev–Trinajstić information content (AvgIpc) is 2.57. The number of aliphatic hydroxyl groups excluding tert-OH is 3. The fraction of sp³-hybridized carbons (Fsp3) is 0.947. The largest absolute Gasteiger partial charge is 0.394 e. The van der Waals surface area contributed by atoms with Crippen molar-refractivity contribution in [3.8, 4) is 0 Å².